The highest BCUT2D eigenvalue weighted by atomic mass is 32.1. The van der Waals surface area contributed by atoms with Crippen molar-refractivity contribution in [2.45, 2.75) is 19.3 Å². The van der Waals surface area contributed by atoms with E-state index in [0.717, 1.165) is 12.8 Å². The fraction of sp³-hybridized carbons (Fsp3) is 0.235. The van der Waals surface area contributed by atoms with E-state index in [1.165, 1.54) is 11.3 Å². The van der Waals surface area contributed by atoms with Crippen molar-refractivity contribution in [1.29, 1.82) is 0 Å². The molecule has 23 heavy (non-hydrogen) atoms. The van der Waals surface area contributed by atoms with Gasteiger partial charge in [-0.25, -0.2) is 4.98 Å². The molecule has 118 valence electrons. The summed E-state index contributed by atoms with van der Waals surface area (Å²) in [6, 6.07) is 6.85. The van der Waals surface area contributed by atoms with Crippen molar-refractivity contribution in [1.82, 2.24) is 4.98 Å². The Hall–Kier alpha value is -2.47. The number of amides is 2. The molecule has 0 unspecified atom stereocenters. The summed E-state index contributed by atoms with van der Waals surface area (Å²) in [5.74, 6) is 0.133. The number of anilines is 2. The summed E-state index contributed by atoms with van der Waals surface area (Å²) in [5, 5.41) is 7.95. The summed E-state index contributed by atoms with van der Waals surface area (Å²) in [7, 11) is 0. The minimum atomic E-state index is -0.214. The molecule has 0 fully saturated rings. The Morgan fingerprint density at radius 1 is 1.22 bits per heavy atom. The zero-order valence-corrected chi connectivity index (χ0v) is 13.3. The number of benzene rings is 1. The summed E-state index contributed by atoms with van der Waals surface area (Å²) in [6.07, 6.45) is 8.46. The maximum atomic E-state index is 12.0. The third-order valence-corrected chi connectivity index (χ3v) is 4.33. The molecular weight excluding hydrogens is 310 g/mol. The Kier molecular flexibility index (Phi) is 4.83. The van der Waals surface area contributed by atoms with Gasteiger partial charge in [-0.15, -0.1) is 11.3 Å². The van der Waals surface area contributed by atoms with E-state index >= 15 is 0 Å². The van der Waals surface area contributed by atoms with Gasteiger partial charge in [0.25, 0.3) is 5.91 Å². The Morgan fingerprint density at radius 2 is 2.04 bits per heavy atom. The number of carbonyl (C=O) groups is 2. The van der Waals surface area contributed by atoms with E-state index in [9.17, 15) is 9.59 Å². The third-order valence-electron chi connectivity index (χ3n) is 3.64. The molecule has 2 amide bonds. The van der Waals surface area contributed by atoms with Crippen molar-refractivity contribution in [3.05, 3.63) is 53.6 Å². The SMILES string of the molecule is O=C(C[C@H]1C=CCC1)Nc1ccc(C(=O)Nc2nccs2)cc1. The van der Waals surface area contributed by atoms with Gasteiger partial charge >= 0.3 is 0 Å². The zero-order valence-electron chi connectivity index (χ0n) is 12.5. The zero-order chi connectivity index (χ0) is 16.1. The molecule has 1 aromatic heterocycles. The first kappa shape index (κ1) is 15.4. The Bertz CT molecular complexity index is 708. The van der Waals surface area contributed by atoms with Crippen LogP contribution >= 0.6 is 11.3 Å². The Balaban J connectivity index is 1.55. The van der Waals surface area contributed by atoms with Crippen LogP contribution in [0.25, 0.3) is 0 Å². The molecule has 1 aromatic carbocycles. The number of rotatable bonds is 5. The third kappa shape index (κ3) is 4.26. The molecule has 1 aliphatic carbocycles. The number of nitrogens with one attached hydrogen (secondary N) is 2. The number of aromatic nitrogens is 1. The van der Waals surface area contributed by atoms with Crippen LogP contribution in [0, 0.1) is 5.92 Å². The predicted octanol–water partition coefficient (Wildman–Crippen LogP) is 3.69. The minimum absolute atomic E-state index is 0.00142. The van der Waals surface area contributed by atoms with E-state index in [1.807, 2.05) is 0 Å². The monoisotopic (exact) mass is 327 g/mol. The normalized spacial score (nSPS) is 16.3. The van der Waals surface area contributed by atoms with E-state index in [1.54, 1.807) is 35.8 Å². The van der Waals surface area contributed by atoms with Gasteiger partial charge in [-0.05, 0) is 43.0 Å². The first-order chi connectivity index (χ1) is 11.2. The maximum absolute atomic E-state index is 12.0. The van der Waals surface area contributed by atoms with Crippen LogP contribution in [0.5, 0.6) is 0 Å². The van der Waals surface area contributed by atoms with Gasteiger partial charge in [0.05, 0.1) is 0 Å². The van der Waals surface area contributed by atoms with Crippen LogP contribution in [0.15, 0.2) is 48.0 Å². The van der Waals surface area contributed by atoms with E-state index < -0.39 is 0 Å². The lowest BCUT2D eigenvalue weighted by Gasteiger charge is -2.09. The first-order valence-electron chi connectivity index (χ1n) is 7.48. The molecule has 1 atom stereocenters. The van der Waals surface area contributed by atoms with Gasteiger partial charge in [-0.2, -0.15) is 0 Å². The molecular formula is C17H17N3O2S. The largest absolute Gasteiger partial charge is 0.326 e. The molecule has 2 N–H and O–H groups in total. The van der Waals surface area contributed by atoms with Gasteiger partial charge in [0.15, 0.2) is 5.13 Å². The number of thiazole rings is 1. The van der Waals surface area contributed by atoms with Gasteiger partial charge in [0.2, 0.25) is 5.91 Å². The van der Waals surface area contributed by atoms with Crippen LogP contribution in [-0.2, 0) is 4.79 Å². The molecule has 0 bridgehead atoms. The molecule has 5 nitrogen and oxygen atoms in total. The second-order valence-corrected chi connectivity index (χ2v) is 6.28. The lowest BCUT2D eigenvalue weighted by Crippen LogP contribution is -2.15. The molecule has 0 spiro atoms. The Morgan fingerprint density at radius 3 is 2.70 bits per heavy atom. The average molecular weight is 327 g/mol. The van der Waals surface area contributed by atoms with Gasteiger partial charge in [0, 0.05) is 29.2 Å². The summed E-state index contributed by atoms with van der Waals surface area (Å²) >= 11 is 1.37. The fourth-order valence-electron chi connectivity index (χ4n) is 2.47. The maximum Gasteiger partial charge on any atom is 0.257 e. The molecule has 0 saturated carbocycles. The molecule has 1 heterocycles. The van der Waals surface area contributed by atoms with Crippen LogP contribution in [-0.4, -0.2) is 16.8 Å². The molecule has 1 aliphatic rings. The van der Waals surface area contributed by atoms with Gasteiger partial charge in [-0.3, -0.25) is 14.9 Å². The lowest BCUT2D eigenvalue weighted by molar-refractivity contribution is -0.116. The van der Waals surface area contributed by atoms with E-state index in [2.05, 4.69) is 27.8 Å². The Labute approximate surface area is 138 Å². The van der Waals surface area contributed by atoms with Gasteiger partial charge in [0.1, 0.15) is 0 Å². The topological polar surface area (TPSA) is 71.1 Å². The molecule has 0 saturated heterocycles. The highest BCUT2D eigenvalue weighted by Gasteiger charge is 2.14. The molecule has 0 aliphatic heterocycles. The van der Waals surface area contributed by atoms with Crippen LogP contribution in [0.4, 0.5) is 10.8 Å². The van der Waals surface area contributed by atoms with Gasteiger partial charge < -0.3 is 5.32 Å². The standard InChI is InChI=1S/C17H17N3O2S/c21-15(11-12-3-1-2-4-12)19-14-7-5-13(6-8-14)16(22)20-17-18-9-10-23-17/h1,3,5-10,12H,2,4,11H2,(H,19,21)(H,18,20,22)/t12-/m0/s1. The highest BCUT2D eigenvalue weighted by molar-refractivity contribution is 7.13. The second kappa shape index (κ2) is 7.19. The smallest absolute Gasteiger partial charge is 0.257 e. The molecule has 6 heteroatoms. The molecule has 2 aromatic rings. The van der Waals surface area contributed by atoms with Crippen LogP contribution in [0.2, 0.25) is 0 Å². The summed E-state index contributed by atoms with van der Waals surface area (Å²) in [6.45, 7) is 0. The number of allylic oxidation sites excluding steroid dienone is 2. The second-order valence-electron chi connectivity index (χ2n) is 5.39. The van der Waals surface area contributed by atoms with E-state index in [0.29, 0.717) is 28.7 Å². The van der Waals surface area contributed by atoms with Crippen LogP contribution < -0.4 is 10.6 Å². The molecule has 3 rings (SSSR count). The average Bonchev–Trinajstić information content (AvgIpc) is 3.21. The van der Waals surface area contributed by atoms with Crippen LogP contribution in [0.1, 0.15) is 29.6 Å². The van der Waals surface area contributed by atoms with Crippen molar-refractivity contribution in [3.63, 3.8) is 0 Å². The van der Waals surface area contributed by atoms with E-state index in [4.69, 9.17) is 0 Å². The summed E-state index contributed by atoms with van der Waals surface area (Å²) in [5.41, 5.74) is 1.22. The van der Waals surface area contributed by atoms with E-state index in [-0.39, 0.29) is 11.8 Å². The number of carbonyl (C=O) groups excluding carboxylic acids is 2. The predicted molar refractivity (Wildman–Crippen MR) is 91.6 cm³/mol. The van der Waals surface area contributed by atoms with Crippen molar-refractivity contribution < 1.29 is 9.59 Å². The fourth-order valence-corrected chi connectivity index (χ4v) is 3.00. The number of nitrogens with zero attached hydrogens (tertiary/aromatic N) is 1. The number of hydrogen-bond acceptors (Lipinski definition) is 4. The van der Waals surface area contributed by atoms with Crippen molar-refractivity contribution >= 4 is 34.0 Å². The first-order valence-corrected chi connectivity index (χ1v) is 8.36. The quantitative estimate of drug-likeness (QED) is 0.823. The minimum Gasteiger partial charge on any atom is -0.326 e. The van der Waals surface area contributed by atoms with Crippen molar-refractivity contribution in [2.75, 3.05) is 10.6 Å². The number of hydrogen-bond donors (Lipinski definition) is 2. The lowest BCUT2D eigenvalue weighted by atomic mass is 10.0. The van der Waals surface area contributed by atoms with Crippen molar-refractivity contribution in [3.8, 4) is 0 Å². The van der Waals surface area contributed by atoms with Gasteiger partial charge in [-0.1, -0.05) is 12.2 Å². The summed E-state index contributed by atoms with van der Waals surface area (Å²) < 4.78 is 0. The summed E-state index contributed by atoms with van der Waals surface area (Å²) in [4.78, 5) is 28.0. The highest BCUT2D eigenvalue weighted by Crippen LogP contribution is 2.21. The molecule has 0 radical (unpaired) electrons. The van der Waals surface area contributed by atoms with Crippen LogP contribution in [0.3, 0.4) is 0 Å². The van der Waals surface area contributed by atoms with Crippen molar-refractivity contribution in [2.24, 2.45) is 5.92 Å².